The van der Waals surface area contributed by atoms with Crippen LogP contribution in [0.15, 0.2) is 42.5 Å². The van der Waals surface area contributed by atoms with E-state index in [1.165, 1.54) is 4.90 Å². The number of nitrogens with one attached hydrogen (secondary N) is 1. The lowest BCUT2D eigenvalue weighted by molar-refractivity contribution is -0.139. The summed E-state index contributed by atoms with van der Waals surface area (Å²) in [7, 11) is 0. The zero-order valence-corrected chi connectivity index (χ0v) is 25.9. The number of rotatable bonds is 3. The molecule has 0 spiro atoms. The minimum absolute atomic E-state index is 0.0889. The van der Waals surface area contributed by atoms with Crippen molar-refractivity contribution in [3.63, 3.8) is 0 Å². The first-order valence-corrected chi connectivity index (χ1v) is 14.9. The largest absolute Gasteiger partial charge is 0.444 e. The normalized spacial score (nSPS) is 23.5. The lowest BCUT2D eigenvalue weighted by atomic mass is 9.81. The van der Waals surface area contributed by atoms with Crippen LogP contribution in [0.3, 0.4) is 0 Å². The zero-order chi connectivity index (χ0) is 30.4. The van der Waals surface area contributed by atoms with Crippen molar-refractivity contribution in [3.8, 4) is 5.75 Å². The molecule has 3 aliphatic rings. The lowest BCUT2D eigenvalue weighted by Crippen LogP contribution is -2.50. The van der Waals surface area contributed by atoms with Gasteiger partial charge in [-0.05, 0) is 102 Å². The fourth-order valence-corrected chi connectivity index (χ4v) is 6.25. The molecule has 2 amide bonds. The number of fused-ring (bicyclic) bond motifs is 3. The molecular formula is C32H40ClN3O6. The highest BCUT2D eigenvalue weighted by molar-refractivity contribution is 6.30. The molecule has 2 aromatic carbocycles. The molecule has 0 radical (unpaired) electrons. The fourth-order valence-electron chi connectivity index (χ4n) is 6.07. The van der Waals surface area contributed by atoms with E-state index in [2.05, 4.69) is 5.32 Å². The maximum Gasteiger partial charge on any atom is 0.411 e. The molecule has 42 heavy (non-hydrogen) atoms. The van der Waals surface area contributed by atoms with Crippen molar-refractivity contribution in [2.75, 3.05) is 18.4 Å². The van der Waals surface area contributed by atoms with E-state index in [-0.39, 0.29) is 24.1 Å². The molecule has 0 saturated carbocycles. The quantitative estimate of drug-likeness (QED) is 0.303. The second-order valence-corrected chi connectivity index (χ2v) is 13.7. The molecule has 0 aliphatic carbocycles. The number of amides is 2. The summed E-state index contributed by atoms with van der Waals surface area (Å²) >= 11 is 6.34. The Bertz CT molecular complexity index is 1350. The van der Waals surface area contributed by atoms with Gasteiger partial charge in [0.05, 0.1) is 12.1 Å². The van der Waals surface area contributed by atoms with Crippen LogP contribution < -0.4 is 10.1 Å². The van der Waals surface area contributed by atoms with Crippen LogP contribution in [-0.2, 0) is 14.3 Å². The van der Waals surface area contributed by atoms with Crippen LogP contribution in [0.2, 0.25) is 5.02 Å². The van der Waals surface area contributed by atoms with E-state index in [0.29, 0.717) is 36.7 Å². The first-order valence-electron chi connectivity index (χ1n) is 14.6. The highest BCUT2D eigenvalue weighted by Crippen LogP contribution is 2.49. The predicted molar refractivity (Wildman–Crippen MR) is 160 cm³/mol. The molecule has 3 heterocycles. The zero-order valence-electron chi connectivity index (χ0n) is 25.1. The SMILES string of the molecule is CC(C)(C)OC(=O)N1CCCC1C(=O)Oc1ccc(C2C3Nc4ccc(Cl)cc4C3CCN2C(=O)OC(C)(C)C)cc1. The maximum absolute atomic E-state index is 13.4. The molecule has 2 aromatic rings. The number of halogens is 1. The third kappa shape index (κ3) is 6.46. The first-order chi connectivity index (χ1) is 19.7. The summed E-state index contributed by atoms with van der Waals surface area (Å²) in [5, 5.41) is 4.31. The summed E-state index contributed by atoms with van der Waals surface area (Å²) in [5.41, 5.74) is 1.76. The van der Waals surface area contributed by atoms with Crippen molar-refractivity contribution in [1.82, 2.24) is 9.80 Å². The number of hydrogen-bond acceptors (Lipinski definition) is 7. The van der Waals surface area contributed by atoms with E-state index in [1.807, 2.05) is 51.1 Å². The van der Waals surface area contributed by atoms with Crippen LogP contribution in [0.5, 0.6) is 5.75 Å². The number of ether oxygens (including phenoxy) is 3. The molecule has 3 aliphatic heterocycles. The Hall–Kier alpha value is -3.46. The summed E-state index contributed by atoms with van der Waals surface area (Å²) in [6.07, 6.45) is 1.09. The number of esters is 1. The van der Waals surface area contributed by atoms with E-state index in [4.69, 9.17) is 25.8 Å². The van der Waals surface area contributed by atoms with Gasteiger partial charge in [0.1, 0.15) is 23.0 Å². The van der Waals surface area contributed by atoms with Crippen LogP contribution in [-0.4, -0.2) is 64.3 Å². The Morgan fingerprint density at radius 1 is 0.857 bits per heavy atom. The van der Waals surface area contributed by atoms with Crippen molar-refractivity contribution in [3.05, 3.63) is 58.6 Å². The third-order valence-electron chi connectivity index (χ3n) is 7.75. The van der Waals surface area contributed by atoms with Crippen LogP contribution in [0.4, 0.5) is 15.3 Å². The van der Waals surface area contributed by atoms with Crippen molar-refractivity contribution in [1.29, 1.82) is 0 Å². The summed E-state index contributed by atoms with van der Waals surface area (Å²) in [6, 6.07) is 12.0. The van der Waals surface area contributed by atoms with Crippen LogP contribution in [0, 0.1) is 0 Å². The Morgan fingerprint density at radius 3 is 2.14 bits per heavy atom. The average Bonchev–Trinajstić information content (AvgIpc) is 3.52. The molecule has 2 saturated heterocycles. The number of hydrogen-bond donors (Lipinski definition) is 1. The van der Waals surface area contributed by atoms with Gasteiger partial charge in [0.15, 0.2) is 0 Å². The summed E-state index contributed by atoms with van der Waals surface area (Å²) in [5.74, 6) is 0.0375. The Kier molecular flexibility index (Phi) is 8.09. The van der Waals surface area contributed by atoms with Gasteiger partial charge in [-0.1, -0.05) is 23.7 Å². The summed E-state index contributed by atoms with van der Waals surface area (Å²) in [6.45, 7) is 11.9. The molecule has 10 heteroatoms. The molecule has 226 valence electrons. The summed E-state index contributed by atoms with van der Waals surface area (Å²) < 4.78 is 17.0. The van der Waals surface area contributed by atoms with Crippen molar-refractivity contribution in [2.24, 2.45) is 0 Å². The highest BCUT2D eigenvalue weighted by atomic mass is 35.5. The van der Waals surface area contributed by atoms with Crippen LogP contribution >= 0.6 is 11.6 Å². The van der Waals surface area contributed by atoms with E-state index >= 15 is 0 Å². The number of carbonyl (C=O) groups excluding carboxylic acids is 3. The van der Waals surface area contributed by atoms with E-state index < -0.39 is 29.3 Å². The summed E-state index contributed by atoms with van der Waals surface area (Å²) in [4.78, 5) is 42.4. The van der Waals surface area contributed by atoms with Gasteiger partial charge in [0.2, 0.25) is 0 Å². The number of piperidine rings is 1. The number of nitrogens with zero attached hydrogens (tertiary/aromatic N) is 2. The average molecular weight is 598 g/mol. The maximum atomic E-state index is 13.4. The van der Waals surface area contributed by atoms with Crippen LogP contribution in [0.25, 0.3) is 0 Å². The van der Waals surface area contributed by atoms with Crippen molar-refractivity contribution >= 4 is 35.4 Å². The Morgan fingerprint density at radius 2 is 1.50 bits per heavy atom. The van der Waals surface area contributed by atoms with Gasteiger partial charge in [0.25, 0.3) is 0 Å². The first kappa shape index (κ1) is 30.0. The second kappa shape index (κ2) is 11.3. The van der Waals surface area contributed by atoms with Gasteiger partial charge in [-0.2, -0.15) is 0 Å². The van der Waals surface area contributed by atoms with Gasteiger partial charge in [0, 0.05) is 29.7 Å². The van der Waals surface area contributed by atoms with Gasteiger partial charge in [-0.15, -0.1) is 0 Å². The lowest BCUT2D eigenvalue weighted by Gasteiger charge is -2.43. The third-order valence-corrected chi connectivity index (χ3v) is 7.98. The van der Waals surface area contributed by atoms with Gasteiger partial charge in [-0.25, -0.2) is 14.4 Å². The fraction of sp³-hybridized carbons (Fsp3) is 0.531. The van der Waals surface area contributed by atoms with Gasteiger partial charge in [-0.3, -0.25) is 9.80 Å². The molecule has 5 rings (SSSR count). The minimum atomic E-state index is -0.700. The molecular weight excluding hydrogens is 558 g/mol. The van der Waals surface area contributed by atoms with Crippen molar-refractivity contribution in [2.45, 2.75) is 96.1 Å². The topological polar surface area (TPSA) is 97.4 Å². The van der Waals surface area contributed by atoms with Gasteiger partial charge < -0.3 is 19.5 Å². The molecule has 4 atom stereocenters. The molecule has 1 N–H and O–H groups in total. The van der Waals surface area contributed by atoms with Crippen LogP contribution in [0.1, 0.15) is 83.9 Å². The van der Waals surface area contributed by atoms with E-state index in [0.717, 1.165) is 23.2 Å². The Balaban J connectivity index is 1.36. The van der Waals surface area contributed by atoms with E-state index in [1.54, 1.807) is 37.8 Å². The molecule has 9 nitrogen and oxygen atoms in total. The molecule has 0 aromatic heterocycles. The second-order valence-electron chi connectivity index (χ2n) is 13.2. The Labute approximate surface area is 252 Å². The number of likely N-dealkylation sites (tertiary alicyclic amines) is 2. The number of anilines is 1. The number of carbonyl (C=O) groups is 3. The monoisotopic (exact) mass is 597 g/mol. The smallest absolute Gasteiger partial charge is 0.411 e. The highest BCUT2D eigenvalue weighted by Gasteiger charge is 2.47. The molecule has 0 bridgehead atoms. The standard InChI is InChI=1S/C32H40ClN3O6/c1-31(2,3)41-29(38)35-16-7-8-25(35)28(37)40-21-12-9-19(10-13-21)27-26-22(23-18-20(33)11-14-24(23)34-26)15-17-36(27)30(39)42-32(4,5)6/h9-14,18,22,25-27,34H,7-8,15-17H2,1-6H3. The minimum Gasteiger partial charge on any atom is -0.444 e. The van der Waals surface area contributed by atoms with E-state index in [9.17, 15) is 14.4 Å². The predicted octanol–water partition coefficient (Wildman–Crippen LogP) is 6.90. The molecule has 2 fully saturated rings. The number of benzene rings is 2. The van der Waals surface area contributed by atoms with Gasteiger partial charge >= 0.3 is 18.2 Å². The molecule has 4 unspecified atom stereocenters. The van der Waals surface area contributed by atoms with Crippen molar-refractivity contribution < 1.29 is 28.6 Å².